The highest BCUT2D eigenvalue weighted by molar-refractivity contribution is 5.76. The Labute approximate surface area is 353 Å². The Morgan fingerprint density at radius 1 is 0.491 bits per heavy atom. The molecular formula is C51H93NO5. The molecule has 0 saturated heterocycles. The zero-order valence-corrected chi connectivity index (χ0v) is 37.6. The van der Waals surface area contributed by atoms with Crippen LogP contribution in [0.5, 0.6) is 0 Å². The predicted molar refractivity (Wildman–Crippen MR) is 245 cm³/mol. The van der Waals surface area contributed by atoms with Crippen molar-refractivity contribution >= 4 is 11.9 Å². The number of aliphatic hydroxyl groups is 2. The van der Waals surface area contributed by atoms with Gasteiger partial charge in [-0.25, -0.2) is 0 Å². The van der Waals surface area contributed by atoms with E-state index in [1.54, 1.807) is 6.08 Å². The van der Waals surface area contributed by atoms with Gasteiger partial charge in [-0.05, 0) is 83.5 Å². The number of nitrogens with one attached hydrogen (secondary N) is 1. The molecule has 0 aromatic carbocycles. The van der Waals surface area contributed by atoms with Crippen LogP contribution < -0.4 is 5.32 Å². The summed E-state index contributed by atoms with van der Waals surface area (Å²) in [5.41, 5.74) is 0. The number of carbonyl (C=O) groups excluding carboxylic acids is 2. The second-order valence-electron chi connectivity index (χ2n) is 16.4. The molecule has 6 nitrogen and oxygen atoms in total. The van der Waals surface area contributed by atoms with Crippen molar-refractivity contribution in [1.29, 1.82) is 0 Å². The molecule has 332 valence electrons. The molecule has 0 fully saturated rings. The fraction of sp³-hybridized carbons (Fsp3) is 0.804. The zero-order chi connectivity index (χ0) is 41.5. The summed E-state index contributed by atoms with van der Waals surface area (Å²) in [5.74, 6) is -0.109. The van der Waals surface area contributed by atoms with Crippen LogP contribution in [0.1, 0.15) is 239 Å². The van der Waals surface area contributed by atoms with E-state index in [1.807, 2.05) is 6.08 Å². The third-order valence-electron chi connectivity index (χ3n) is 10.8. The van der Waals surface area contributed by atoms with E-state index in [0.29, 0.717) is 19.4 Å². The van der Waals surface area contributed by atoms with Crippen molar-refractivity contribution in [3.63, 3.8) is 0 Å². The Balaban J connectivity index is 3.51. The van der Waals surface area contributed by atoms with Crippen LogP contribution in [0.2, 0.25) is 0 Å². The standard InChI is InChI=1S/C51H93NO5/c1-3-5-7-9-11-13-15-20-25-29-33-37-41-45-51(56)57-46-42-38-34-30-26-22-19-17-16-18-21-24-28-32-36-40-44-50(55)52-48(47-53)49(54)43-39-35-31-27-23-14-12-10-8-6-4-2/h7,9,13,15-16,18,39,43,48-49,53-54H,3-6,8,10-12,14,17,19-38,40-42,44-47H2,1-2H3,(H,52,55)/b9-7-,15-13-,18-16-,43-39+. The fourth-order valence-electron chi connectivity index (χ4n) is 7.02. The molecule has 0 aliphatic heterocycles. The number of allylic oxidation sites excluding steroid dienone is 7. The van der Waals surface area contributed by atoms with Gasteiger partial charge in [0, 0.05) is 12.8 Å². The number of ether oxygens (including phenoxy) is 1. The molecule has 0 aromatic rings. The van der Waals surface area contributed by atoms with E-state index in [-0.39, 0.29) is 18.5 Å². The molecular weight excluding hydrogens is 707 g/mol. The number of carbonyl (C=O) groups is 2. The maximum atomic E-state index is 12.4. The number of esters is 1. The molecule has 0 aromatic heterocycles. The minimum atomic E-state index is -0.854. The Kier molecular flexibility index (Phi) is 44.7. The second-order valence-corrected chi connectivity index (χ2v) is 16.4. The minimum Gasteiger partial charge on any atom is -0.466 e. The van der Waals surface area contributed by atoms with Crippen molar-refractivity contribution in [2.24, 2.45) is 0 Å². The molecule has 0 aliphatic rings. The first-order chi connectivity index (χ1) is 28.0. The van der Waals surface area contributed by atoms with Crippen LogP contribution in [0.3, 0.4) is 0 Å². The first-order valence-electron chi connectivity index (χ1n) is 24.4. The van der Waals surface area contributed by atoms with Gasteiger partial charge >= 0.3 is 5.97 Å². The van der Waals surface area contributed by atoms with Crippen LogP contribution in [-0.4, -0.2) is 47.4 Å². The van der Waals surface area contributed by atoms with Crippen LogP contribution in [0, 0.1) is 0 Å². The van der Waals surface area contributed by atoms with Gasteiger partial charge in [0.15, 0.2) is 0 Å². The molecule has 0 bridgehead atoms. The summed E-state index contributed by atoms with van der Waals surface area (Å²) in [5, 5.41) is 22.9. The zero-order valence-electron chi connectivity index (χ0n) is 37.6. The minimum absolute atomic E-state index is 0.0206. The van der Waals surface area contributed by atoms with Crippen LogP contribution in [-0.2, 0) is 14.3 Å². The van der Waals surface area contributed by atoms with Crippen LogP contribution in [0.15, 0.2) is 48.6 Å². The third kappa shape index (κ3) is 43.2. The second kappa shape index (κ2) is 46.5. The van der Waals surface area contributed by atoms with Crippen molar-refractivity contribution in [3.8, 4) is 0 Å². The summed E-state index contributed by atoms with van der Waals surface area (Å²) in [6.07, 6.45) is 56.7. The van der Waals surface area contributed by atoms with Gasteiger partial charge in [-0.1, -0.05) is 191 Å². The van der Waals surface area contributed by atoms with E-state index < -0.39 is 12.1 Å². The number of unbranched alkanes of at least 4 members (excludes halogenated alkanes) is 27. The topological polar surface area (TPSA) is 95.9 Å². The lowest BCUT2D eigenvalue weighted by atomic mass is 10.1. The molecule has 0 aliphatic carbocycles. The smallest absolute Gasteiger partial charge is 0.305 e. The first-order valence-corrected chi connectivity index (χ1v) is 24.4. The summed E-state index contributed by atoms with van der Waals surface area (Å²) in [6.45, 7) is 4.78. The van der Waals surface area contributed by atoms with E-state index >= 15 is 0 Å². The monoisotopic (exact) mass is 800 g/mol. The lowest BCUT2D eigenvalue weighted by molar-refractivity contribution is -0.143. The number of hydrogen-bond acceptors (Lipinski definition) is 5. The van der Waals surface area contributed by atoms with Gasteiger partial charge in [-0.2, -0.15) is 0 Å². The first kappa shape index (κ1) is 54.8. The van der Waals surface area contributed by atoms with Crippen molar-refractivity contribution in [1.82, 2.24) is 5.32 Å². The Morgan fingerprint density at radius 3 is 1.42 bits per heavy atom. The van der Waals surface area contributed by atoms with Crippen molar-refractivity contribution in [3.05, 3.63) is 48.6 Å². The predicted octanol–water partition coefficient (Wildman–Crippen LogP) is 14.3. The average Bonchev–Trinajstić information content (AvgIpc) is 3.21. The van der Waals surface area contributed by atoms with E-state index in [9.17, 15) is 19.8 Å². The van der Waals surface area contributed by atoms with Gasteiger partial charge in [0.25, 0.3) is 0 Å². The summed E-state index contributed by atoms with van der Waals surface area (Å²) in [7, 11) is 0. The van der Waals surface area contributed by atoms with Gasteiger partial charge in [0.1, 0.15) is 0 Å². The molecule has 6 heteroatoms. The van der Waals surface area contributed by atoms with Crippen molar-refractivity contribution in [2.45, 2.75) is 251 Å². The third-order valence-corrected chi connectivity index (χ3v) is 10.8. The maximum Gasteiger partial charge on any atom is 0.305 e. The lowest BCUT2D eigenvalue weighted by Crippen LogP contribution is -2.45. The van der Waals surface area contributed by atoms with Crippen LogP contribution in [0.4, 0.5) is 0 Å². The van der Waals surface area contributed by atoms with E-state index in [1.165, 1.54) is 128 Å². The molecule has 0 heterocycles. The molecule has 0 spiro atoms. The van der Waals surface area contributed by atoms with Crippen LogP contribution >= 0.6 is 0 Å². The fourth-order valence-corrected chi connectivity index (χ4v) is 7.02. The number of aliphatic hydroxyl groups excluding tert-OH is 2. The maximum absolute atomic E-state index is 12.4. The number of rotatable bonds is 44. The summed E-state index contributed by atoms with van der Waals surface area (Å²) in [6, 6.07) is -0.639. The molecule has 0 rings (SSSR count). The van der Waals surface area contributed by atoms with Gasteiger partial charge in [-0.15, -0.1) is 0 Å². The lowest BCUT2D eigenvalue weighted by Gasteiger charge is -2.20. The normalized spacial score (nSPS) is 13.1. The molecule has 2 unspecified atom stereocenters. The Morgan fingerprint density at radius 2 is 0.912 bits per heavy atom. The van der Waals surface area contributed by atoms with Gasteiger partial charge in [0.05, 0.1) is 25.4 Å². The van der Waals surface area contributed by atoms with Gasteiger partial charge < -0.3 is 20.3 Å². The molecule has 0 saturated carbocycles. The molecule has 0 radical (unpaired) electrons. The molecule has 3 N–H and O–H groups in total. The van der Waals surface area contributed by atoms with Crippen molar-refractivity contribution < 1.29 is 24.5 Å². The molecule has 2 atom stereocenters. The summed E-state index contributed by atoms with van der Waals surface area (Å²) >= 11 is 0. The van der Waals surface area contributed by atoms with E-state index in [0.717, 1.165) is 83.5 Å². The molecule has 1 amide bonds. The highest BCUT2D eigenvalue weighted by atomic mass is 16.5. The largest absolute Gasteiger partial charge is 0.466 e. The number of hydrogen-bond donors (Lipinski definition) is 3. The van der Waals surface area contributed by atoms with Gasteiger partial charge in [-0.3, -0.25) is 9.59 Å². The van der Waals surface area contributed by atoms with Gasteiger partial charge in [0.2, 0.25) is 5.91 Å². The Bertz CT molecular complexity index is 973. The highest BCUT2D eigenvalue weighted by Gasteiger charge is 2.18. The Hall–Kier alpha value is -2.18. The summed E-state index contributed by atoms with van der Waals surface area (Å²) < 4.78 is 5.44. The van der Waals surface area contributed by atoms with E-state index in [2.05, 4.69) is 55.6 Å². The molecule has 57 heavy (non-hydrogen) atoms. The van der Waals surface area contributed by atoms with E-state index in [4.69, 9.17) is 4.74 Å². The summed E-state index contributed by atoms with van der Waals surface area (Å²) in [4.78, 5) is 24.4. The quantitative estimate of drug-likeness (QED) is 0.0324. The highest BCUT2D eigenvalue weighted by Crippen LogP contribution is 2.14. The SMILES string of the molecule is CCC/C=C\C/C=C\CCCCCCCC(=O)OCCCCCCCCC/C=C\CCCCCCCC(=O)NC(CO)C(O)/C=C/CCCCCCCCCCC. The number of amides is 1. The average molecular weight is 800 g/mol. The van der Waals surface area contributed by atoms with Crippen LogP contribution in [0.25, 0.3) is 0 Å². The van der Waals surface area contributed by atoms with Crippen molar-refractivity contribution in [2.75, 3.05) is 13.2 Å².